The van der Waals surface area contributed by atoms with Crippen molar-refractivity contribution in [2.75, 3.05) is 6.54 Å². The molecule has 2 heterocycles. The lowest BCUT2D eigenvalue weighted by Crippen LogP contribution is -2.11. The van der Waals surface area contributed by atoms with Gasteiger partial charge in [0.15, 0.2) is 0 Å². The molecular weight excluding hydrogens is 252 g/mol. The molecule has 0 radical (unpaired) electrons. The molecule has 1 atom stereocenters. The summed E-state index contributed by atoms with van der Waals surface area (Å²) in [6.45, 7) is 2.57. The number of hydrogen-bond donors (Lipinski definition) is 1. The van der Waals surface area contributed by atoms with Crippen LogP contribution in [-0.4, -0.2) is 21.7 Å². The smallest absolute Gasteiger partial charge is 0.231 e. The second kappa shape index (κ2) is 5.38. The normalized spacial score (nSPS) is 12.7. The molecule has 0 saturated heterocycles. The maximum atomic E-state index is 5.70. The van der Waals surface area contributed by atoms with Gasteiger partial charge >= 0.3 is 0 Å². The summed E-state index contributed by atoms with van der Waals surface area (Å²) in [6.07, 6.45) is 2.67. The van der Waals surface area contributed by atoms with Crippen LogP contribution in [0.2, 0.25) is 0 Å². The van der Waals surface area contributed by atoms with Crippen molar-refractivity contribution >= 4 is 10.9 Å². The predicted octanol–water partition coefficient (Wildman–Crippen LogP) is 2.74. The fourth-order valence-electron chi connectivity index (χ4n) is 2.18. The molecule has 0 bridgehead atoms. The van der Waals surface area contributed by atoms with E-state index in [1.807, 2.05) is 30.3 Å². The predicted molar refractivity (Wildman–Crippen MR) is 77.1 cm³/mol. The van der Waals surface area contributed by atoms with Gasteiger partial charge in [-0.1, -0.05) is 18.1 Å². The largest absolute Gasteiger partial charge is 0.339 e. The van der Waals surface area contributed by atoms with Crippen LogP contribution in [-0.2, 0) is 0 Å². The van der Waals surface area contributed by atoms with Crippen LogP contribution >= 0.6 is 0 Å². The highest BCUT2D eigenvalue weighted by atomic mass is 16.5. The molecule has 0 fully saturated rings. The van der Waals surface area contributed by atoms with Crippen molar-refractivity contribution < 1.29 is 4.52 Å². The van der Waals surface area contributed by atoms with Crippen LogP contribution in [0, 0.1) is 0 Å². The Morgan fingerprint density at radius 3 is 3.00 bits per heavy atom. The average molecular weight is 268 g/mol. The SMILES string of the molecule is CCC(CN)c1nc(-c2ccc3ncccc3c2)no1. The van der Waals surface area contributed by atoms with E-state index in [0.29, 0.717) is 18.3 Å². The summed E-state index contributed by atoms with van der Waals surface area (Å²) in [5.74, 6) is 1.33. The van der Waals surface area contributed by atoms with Gasteiger partial charge in [0.2, 0.25) is 11.7 Å². The fourth-order valence-corrected chi connectivity index (χ4v) is 2.18. The Morgan fingerprint density at radius 2 is 2.20 bits per heavy atom. The zero-order valence-electron chi connectivity index (χ0n) is 11.3. The zero-order chi connectivity index (χ0) is 13.9. The van der Waals surface area contributed by atoms with Crippen LogP contribution in [0.15, 0.2) is 41.1 Å². The minimum absolute atomic E-state index is 0.123. The van der Waals surface area contributed by atoms with E-state index >= 15 is 0 Å². The maximum absolute atomic E-state index is 5.70. The number of rotatable bonds is 4. The number of benzene rings is 1. The van der Waals surface area contributed by atoms with Crippen LogP contribution in [0.3, 0.4) is 0 Å². The number of fused-ring (bicyclic) bond motifs is 1. The number of nitrogens with two attached hydrogens (primary N) is 1. The van der Waals surface area contributed by atoms with E-state index in [1.165, 1.54) is 0 Å². The molecular formula is C15H16N4O. The quantitative estimate of drug-likeness (QED) is 0.787. The monoisotopic (exact) mass is 268 g/mol. The topological polar surface area (TPSA) is 77.8 Å². The molecule has 0 aliphatic carbocycles. The third-order valence-electron chi connectivity index (χ3n) is 3.43. The molecule has 102 valence electrons. The highest BCUT2D eigenvalue weighted by Gasteiger charge is 2.16. The average Bonchev–Trinajstić information content (AvgIpc) is 2.98. The first-order valence-electron chi connectivity index (χ1n) is 6.70. The van der Waals surface area contributed by atoms with E-state index in [1.54, 1.807) is 6.20 Å². The summed E-state index contributed by atoms with van der Waals surface area (Å²) < 4.78 is 5.32. The molecule has 0 aliphatic heterocycles. The van der Waals surface area contributed by atoms with E-state index in [9.17, 15) is 0 Å². The molecule has 1 unspecified atom stereocenters. The van der Waals surface area contributed by atoms with Crippen molar-refractivity contribution in [1.29, 1.82) is 0 Å². The molecule has 0 saturated carbocycles. The second-order valence-corrected chi connectivity index (χ2v) is 4.71. The summed E-state index contributed by atoms with van der Waals surface area (Å²) in [4.78, 5) is 8.75. The molecule has 1 aromatic carbocycles. The molecule has 2 N–H and O–H groups in total. The van der Waals surface area contributed by atoms with Gasteiger partial charge in [-0.2, -0.15) is 4.98 Å². The lowest BCUT2D eigenvalue weighted by molar-refractivity contribution is 0.351. The van der Waals surface area contributed by atoms with Gasteiger partial charge in [-0.25, -0.2) is 0 Å². The van der Waals surface area contributed by atoms with E-state index in [2.05, 4.69) is 22.0 Å². The van der Waals surface area contributed by atoms with Gasteiger partial charge in [0.05, 0.1) is 11.4 Å². The van der Waals surface area contributed by atoms with Gasteiger partial charge in [0, 0.05) is 23.7 Å². The van der Waals surface area contributed by atoms with Gasteiger partial charge in [-0.15, -0.1) is 0 Å². The summed E-state index contributed by atoms with van der Waals surface area (Å²) >= 11 is 0. The van der Waals surface area contributed by atoms with Gasteiger partial charge in [-0.05, 0) is 30.7 Å². The molecule has 3 rings (SSSR count). The van der Waals surface area contributed by atoms with Gasteiger partial charge in [-0.3, -0.25) is 4.98 Å². The molecule has 5 nitrogen and oxygen atoms in total. The van der Waals surface area contributed by atoms with Crippen LogP contribution < -0.4 is 5.73 Å². The Labute approximate surface area is 116 Å². The van der Waals surface area contributed by atoms with Crippen LogP contribution in [0.1, 0.15) is 25.2 Å². The van der Waals surface area contributed by atoms with Crippen LogP contribution in [0.25, 0.3) is 22.3 Å². The van der Waals surface area contributed by atoms with Crippen molar-refractivity contribution in [3.8, 4) is 11.4 Å². The minimum Gasteiger partial charge on any atom is -0.339 e. The molecule has 0 spiro atoms. The Hall–Kier alpha value is -2.27. The zero-order valence-corrected chi connectivity index (χ0v) is 11.3. The fraction of sp³-hybridized carbons (Fsp3) is 0.267. The van der Waals surface area contributed by atoms with Crippen molar-refractivity contribution in [2.24, 2.45) is 5.73 Å². The minimum atomic E-state index is 0.123. The lowest BCUT2D eigenvalue weighted by atomic mass is 10.1. The number of nitrogens with zero attached hydrogens (tertiary/aromatic N) is 3. The Bertz CT molecular complexity index is 718. The van der Waals surface area contributed by atoms with Crippen LogP contribution in [0.5, 0.6) is 0 Å². The number of aromatic nitrogens is 3. The number of hydrogen-bond acceptors (Lipinski definition) is 5. The van der Waals surface area contributed by atoms with Crippen molar-refractivity contribution in [3.05, 3.63) is 42.4 Å². The summed E-state index contributed by atoms with van der Waals surface area (Å²) in [6, 6.07) is 9.85. The third kappa shape index (κ3) is 2.28. The van der Waals surface area contributed by atoms with Gasteiger partial charge < -0.3 is 10.3 Å². The Kier molecular flexibility index (Phi) is 3.43. The Balaban J connectivity index is 1.98. The maximum Gasteiger partial charge on any atom is 0.231 e. The summed E-state index contributed by atoms with van der Waals surface area (Å²) in [7, 11) is 0. The molecule has 5 heteroatoms. The number of pyridine rings is 1. The highest BCUT2D eigenvalue weighted by Crippen LogP contribution is 2.23. The lowest BCUT2D eigenvalue weighted by Gasteiger charge is -2.04. The second-order valence-electron chi connectivity index (χ2n) is 4.71. The standard InChI is InChI=1S/C15H16N4O/c1-2-10(9-16)15-18-14(19-20-15)12-5-6-13-11(8-12)4-3-7-17-13/h3-8,10H,2,9,16H2,1H3. The summed E-state index contributed by atoms with van der Waals surface area (Å²) in [5.41, 5.74) is 7.58. The van der Waals surface area contributed by atoms with Crippen molar-refractivity contribution in [2.45, 2.75) is 19.3 Å². The first-order chi connectivity index (χ1) is 9.81. The van der Waals surface area contributed by atoms with E-state index < -0.39 is 0 Å². The van der Waals surface area contributed by atoms with Gasteiger partial charge in [0.25, 0.3) is 0 Å². The molecule has 2 aromatic heterocycles. The molecule has 0 amide bonds. The van der Waals surface area contributed by atoms with E-state index in [-0.39, 0.29) is 5.92 Å². The molecule has 20 heavy (non-hydrogen) atoms. The first kappa shape index (κ1) is 12.7. The Morgan fingerprint density at radius 1 is 1.30 bits per heavy atom. The van der Waals surface area contributed by atoms with Crippen molar-refractivity contribution in [1.82, 2.24) is 15.1 Å². The van der Waals surface area contributed by atoms with Gasteiger partial charge in [0.1, 0.15) is 0 Å². The first-order valence-corrected chi connectivity index (χ1v) is 6.70. The molecule has 3 aromatic rings. The van der Waals surface area contributed by atoms with E-state index in [0.717, 1.165) is 22.9 Å². The van der Waals surface area contributed by atoms with E-state index in [4.69, 9.17) is 10.3 Å². The highest BCUT2D eigenvalue weighted by molar-refractivity contribution is 5.82. The third-order valence-corrected chi connectivity index (χ3v) is 3.43. The van der Waals surface area contributed by atoms with Crippen molar-refractivity contribution in [3.63, 3.8) is 0 Å². The molecule has 0 aliphatic rings. The summed E-state index contributed by atoms with van der Waals surface area (Å²) in [5, 5.41) is 5.11. The van der Waals surface area contributed by atoms with Crippen LogP contribution in [0.4, 0.5) is 0 Å².